The molecule has 1 aliphatic rings. The Hall–Kier alpha value is -3.90. The number of hydrogen-bond donors (Lipinski definition) is 1. The van der Waals surface area contributed by atoms with Crippen LogP contribution in [0.2, 0.25) is 0 Å². The van der Waals surface area contributed by atoms with Crippen molar-refractivity contribution in [2.75, 3.05) is 30.4 Å². The minimum absolute atomic E-state index is 0.0620. The number of esters is 1. The number of ether oxygens (including phenoxy) is 2. The number of nitro groups is 1. The standard InChI is InChI=1S/C22H23F3N4O6/c1-13(20(30)27-17-11-16(29(32)33)4-5-18(17)34-2)35-21(31)14-7-9-28(10-8-14)19-6-3-15(12-26-19)22(23,24)25/h3-6,11-14H,7-10H2,1-2H3,(H,27,30)/t13-/m1/s1. The maximum atomic E-state index is 12.7. The Labute approximate surface area is 198 Å². The second-order valence-electron chi connectivity index (χ2n) is 7.87. The van der Waals surface area contributed by atoms with Crippen LogP contribution in [0.15, 0.2) is 36.5 Å². The lowest BCUT2D eigenvalue weighted by Gasteiger charge is -2.32. The van der Waals surface area contributed by atoms with Crippen molar-refractivity contribution in [1.29, 1.82) is 0 Å². The van der Waals surface area contributed by atoms with Gasteiger partial charge in [-0.2, -0.15) is 13.2 Å². The topological polar surface area (TPSA) is 124 Å². The molecule has 188 valence electrons. The molecule has 0 aliphatic carbocycles. The minimum Gasteiger partial charge on any atom is -0.495 e. The van der Waals surface area contributed by atoms with Gasteiger partial charge in [-0.1, -0.05) is 0 Å². The molecule has 2 aromatic rings. The number of rotatable bonds is 7. The summed E-state index contributed by atoms with van der Waals surface area (Å²) in [6, 6.07) is 5.94. The number of methoxy groups -OCH3 is 1. The van der Waals surface area contributed by atoms with Gasteiger partial charge in [-0.05, 0) is 38.0 Å². The van der Waals surface area contributed by atoms with Gasteiger partial charge in [-0.15, -0.1) is 0 Å². The zero-order valence-electron chi connectivity index (χ0n) is 18.9. The first-order valence-corrected chi connectivity index (χ1v) is 10.6. The molecule has 1 aromatic heterocycles. The van der Waals surface area contributed by atoms with Gasteiger partial charge in [0.1, 0.15) is 11.6 Å². The van der Waals surface area contributed by atoms with Crippen molar-refractivity contribution >= 4 is 29.1 Å². The van der Waals surface area contributed by atoms with E-state index in [0.717, 1.165) is 18.3 Å². The maximum absolute atomic E-state index is 12.7. The van der Waals surface area contributed by atoms with Crippen molar-refractivity contribution in [2.45, 2.75) is 32.0 Å². The Kier molecular flexibility index (Phi) is 7.77. The molecule has 3 rings (SSSR count). The quantitative estimate of drug-likeness (QED) is 0.349. The first-order valence-electron chi connectivity index (χ1n) is 10.6. The molecular formula is C22H23F3N4O6. The molecule has 1 fully saturated rings. The lowest BCUT2D eigenvalue weighted by Crippen LogP contribution is -2.39. The number of amides is 1. The third-order valence-corrected chi connectivity index (χ3v) is 5.54. The SMILES string of the molecule is COc1ccc([N+](=O)[O-])cc1NC(=O)[C@@H](C)OC(=O)C1CCN(c2ccc(C(F)(F)F)cn2)CC1. The van der Waals surface area contributed by atoms with Crippen molar-refractivity contribution in [2.24, 2.45) is 5.92 Å². The molecule has 0 spiro atoms. The number of carbonyl (C=O) groups is 2. The second kappa shape index (κ2) is 10.6. The van der Waals surface area contributed by atoms with Gasteiger partial charge < -0.3 is 19.7 Å². The summed E-state index contributed by atoms with van der Waals surface area (Å²) in [7, 11) is 1.34. The molecule has 1 N–H and O–H groups in total. The highest BCUT2D eigenvalue weighted by molar-refractivity contribution is 5.96. The van der Waals surface area contributed by atoms with Crippen molar-refractivity contribution < 1.29 is 37.2 Å². The van der Waals surface area contributed by atoms with Crippen molar-refractivity contribution in [3.05, 3.63) is 52.2 Å². The summed E-state index contributed by atoms with van der Waals surface area (Å²) in [5, 5.41) is 13.5. The molecule has 1 saturated heterocycles. The number of hydrogen-bond acceptors (Lipinski definition) is 8. The van der Waals surface area contributed by atoms with E-state index < -0.39 is 40.6 Å². The summed E-state index contributed by atoms with van der Waals surface area (Å²) in [6.07, 6.45) is -4.14. The van der Waals surface area contributed by atoms with Gasteiger partial charge in [0.2, 0.25) is 0 Å². The molecule has 0 bridgehead atoms. The molecule has 2 heterocycles. The van der Waals surface area contributed by atoms with E-state index in [9.17, 15) is 32.9 Å². The van der Waals surface area contributed by atoms with Crippen LogP contribution in [0, 0.1) is 16.0 Å². The van der Waals surface area contributed by atoms with Crippen LogP contribution in [0.5, 0.6) is 5.75 Å². The van der Waals surface area contributed by atoms with Crippen LogP contribution in [-0.2, 0) is 20.5 Å². The predicted octanol–water partition coefficient (Wildman–Crippen LogP) is 3.80. The van der Waals surface area contributed by atoms with Gasteiger partial charge in [-0.3, -0.25) is 19.7 Å². The number of carbonyl (C=O) groups excluding carboxylic acids is 2. The van der Waals surface area contributed by atoms with E-state index >= 15 is 0 Å². The van der Waals surface area contributed by atoms with Gasteiger partial charge in [0.15, 0.2) is 6.10 Å². The fourth-order valence-corrected chi connectivity index (χ4v) is 3.55. The summed E-state index contributed by atoms with van der Waals surface area (Å²) in [5.74, 6) is -1.19. The maximum Gasteiger partial charge on any atom is 0.417 e. The number of nitro benzene ring substituents is 1. The summed E-state index contributed by atoms with van der Waals surface area (Å²) in [6.45, 7) is 2.13. The zero-order valence-corrected chi connectivity index (χ0v) is 18.9. The number of piperidine rings is 1. The average Bonchev–Trinajstić information content (AvgIpc) is 2.83. The van der Waals surface area contributed by atoms with Gasteiger partial charge in [0.25, 0.3) is 11.6 Å². The number of nitrogens with one attached hydrogen (secondary N) is 1. The normalized spacial score (nSPS) is 15.3. The van der Waals surface area contributed by atoms with E-state index in [1.165, 1.54) is 32.2 Å². The first-order chi connectivity index (χ1) is 16.5. The number of anilines is 2. The van der Waals surface area contributed by atoms with E-state index in [0.29, 0.717) is 31.7 Å². The minimum atomic E-state index is -4.47. The molecule has 1 atom stereocenters. The number of alkyl halides is 3. The van der Waals surface area contributed by atoms with E-state index in [4.69, 9.17) is 9.47 Å². The van der Waals surface area contributed by atoms with E-state index in [2.05, 4.69) is 10.3 Å². The lowest BCUT2D eigenvalue weighted by molar-refractivity contribution is -0.384. The Morgan fingerprint density at radius 1 is 1.23 bits per heavy atom. The summed E-state index contributed by atoms with van der Waals surface area (Å²) in [5.41, 5.74) is -1.03. The summed E-state index contributed by atoms with van der Waals surface area (Å²) < 4.78 is 48.5. The van der Waals surface area contributed by atoms with Crippen LogP contribution in [0.3, 0.4) is 0 Å². The number of non-ortho nitro benzene ring substituents is 1. The van der Waals surface area contributed by atoms with Gasteiger partial charge in [0.05, 0.1) is 29.2 Å². The fraction of sp³-hybridized carbons (Fsp3) is 0.409. The molecule has 0 unspecified atom stereocenters. The summed E-state index contributed by atoms with van der Waals surface area (Å²) in [4.78, 5) is 41.1. The van der Waals surface area contributed by atoms with Crippen molar-refractivity contribution in [3.8, 4) is 5.75 Å². The molecule has 0 saturated carbocycles. The van der Waals surface area contributed by atoms with Crippen LogP contribution < -0.4 is 15.0 Å². The largest absolute Gasteiger partial charge is 0.495 e. The van der Waals surface area contributed by atoms with E-state index in [-0.39, 0.29) is 17.1 Å². The van der Waals surface area contributed by atoms with Crippen LogP contribution in [0.4, 0.5) is 30.4 Å². The number of pyridine rings is 1. The van der Waals surface area contributed by atoms with Crippen LogP contribution in [0.1, 0.15) is 25.3 Å². The molecule has 1 aromatic carbocycles. The first kappa shape index (κ1) is 25.7. The fourth-order valence-electron chi connectivity index (χ4n) is 3.55. The Morgan fingerprint density at radius 2 is 1.91 bits per heavy atom. The van der Waals surface area contributed by atoms with Crippen LogP contribution in [0.25, 0.3) is 0 Å². The molecule has 1 amide bonds. The van der Waals surface area contributed by atoms with Crippen LogP contribution in [-0.4, -0.2) is 48.1 Å². The molecular weight excluding hydrogens is 473 g/mol. The second-order valence-corrected chi connectivity index (χ2v) is 7.87. The lowest BCUT2D eigenvalue weighted by atomic mass is 9.97. The number of nitrogens with zero attached hydrogens (tertiary/aromatic N) is 3. The van der Waals surface area contributed by atoms with Crippen molar-refractivity contribution in [3.63, 3.8) is 0 Å². The molecule has 13 heteroatoms. The Balaban J connectivity index is 1.54. The third kappa shape index (κ3) is 6.37. The molecule has 0 radical (unpaired) electrons. The predicted molar refractivity (Wildman–Crippen MR) is 118 cm³/mol. The third-order valence-electron chi connectivity index (χ3n) is 5.54. The number of halogens is 3. The zero-order chi connectivity index (χ0) is 25.8. The smallest absolute Gasteiger partial charge is 0.417 e. The number of benzene rings is 1. The Morgan fingerprint density at radius 3 is 2.46 bits per heavy atom. The van der Waals surface area contributed by atoms with Crippen LogP contribution >= 0.6 is 0 Å². The molecule has 35 heavy (non-hydrogen) atoms. The van der Waals surface area contributed by atoms with E-state index in [1.54, 1.807) is 4.90 Å². The number of aromatic nitrogens is 1. The monoisotopic (exact) mass is 496 g/mol. The van der Waals surface area contributed by atoms with Gasteiger partial charge in [-0.25, -0.2) is 4.98 Å². The molecule has 10 nitrogen and oxygen atoms in total. The van der Waals surface area contributed by atoms with Gasteiger partial charge >= 0.3 is 12.1 Å². The molecule has 1 aliphatic heterocycles. The van der Waals surface area contributed by atoms with E-state index in [1.807, 2.05) is 0 Å². The highest BCUT2D eigenvalue weighted by atomic mass is 19.4. The highest BCUT2D eigenvalue weighted by Crippen LogP contribution is 2.31. The van der Waals surface area contributed by atoms with Gasteiger partial charge in [0, 0.05) is 31.4 Å². The van der Waals surface area contributed by atoms with Crippen molar-refractivity contribution in [1.82, 2.24) is 4.98 Å². The summed E-state index contributed by atoms with van der Waals surface area (Å²) >= 11 is 0. The average molecular weight is 496 g/mol. The Bertz CT molecular complexity index is 1090. The highest BCUT2D eigenvalue weighted by Gasteiger charge is 2.32.